The summed E-state index contributed by atoms with van der Waals surface area (Å²) in [6.45, 7) is 3.96. The van der Waals surface area contributed by atoms with Crippen molar-refractivity contribution >= 4 is 27.7 Å². The number of nitrogens with zero attached hydrogens (tertiary/aromatic N) is 4. The zero-order chi connectivity index (χ0) is 20.1. The van der Waals surface area contributed by atoms with Gasteiger partial charge in [-0.2, -0.15) is 0 Å². The summed E-state index contributed by atoms with van der Waals surface area (Å²) in [6, 6.07) is 15.2. The van der Waals surface area contributed by atoms with Gasteiger partial charge in [0.25, 0.3) is 0 Å². The molecule has 7 nitrogen and oxygen atoms in total. The molecule has 2 aromatic carbocycles. The van der Waals surface area contributed by atoms with E-state index in [1.54, 1.807) is 0 Å². The van der Waals surface area contributed by atoms with Gasteiger partial charge >= 0.3 is 0 Å². The molecule has 0 fully saturated rings. The largest absolute Gasteiger partial charge is 0.494 e. The van der Waals surface area contributed by atoms with Gasteiger partial charge in [-0.25, -0.2) is 0 Å². The maximum Gasteiger partial charge on any atom is 0.220 e. The lowest BCUT2D eigenvalue weighted by Crippen LogP contribution is -2.12. The average molecular weight is 463 g/mol. The van der Waals surface area contributed by atoms with E-state index in [1.807, 2.05) is 66.9 Å². The molecular weight excluding hydrogens is 444 g/mol. The summed E-state index contributed by atoms with van der Waals surface area (Å²) in [6.07, 6.45) is 0. The predicted molar refractivity (Wildman–Crippen MR) is 112 cm³/mol. The molecule has 28 heavy (non-hydrogen) atoms. The monoisotopic (exact) mass is 462 g/mol. The summed E-state index contributed by atoms with van der Waals surface area (Å²) in [5.41, 5.74) is 1.66. The summed E-state index contributed by atoms with van der Waals surface area (Å²) in [5, 5.41) is 19.9. The van der Waals surface area contributed by atoms with Gasteiger partial charge in [-0.15, -0.1) is 10.2 Å². The van der Waals surface area contributed by atoms with E-state index in [-0.39, 0.29) is 11.5 Å². The number of rotatable bonds is 8. The Balaban J connectivity index is 2.02. The Kier molecular flexibility index (Phi) is 6.69. The maximum atomic E-state index is 11.4. The van der Waals surface area contributed by atoms with E-state index >= 15 is 0 Å². The summed E-state index contributed by atoms with van der Waals surface area (Å²) in [5.74, 6) is 1.35. The van der Waals surface area contributed by atoms with Crippen molar-refractivity contribution in [2.75, 3.05) is 13.2 Å². The number of hydrogen-bond donors (Lipinski definition) is 0. The lowest BCUT2D eigenvalue weighted by molar-refractivity contribution is -0.479. The molecule has 1 heterocycles. The number of nitro groups is 1. The van der Waals surface area contributed by atoms with Crippen molar-refractivity contribution in [1.82, 2.24) is 14.8 Å². The SMILES string of the molecule is CCOc1ccc(Br)cc1[C@@H](C[N+](=O)[O-])Sc1nnc(C)n1-c1ccccc1. The highest BCUT2D eigenvalue weighted by atomic mass is 79.9. The second-order valence-corrected chi connectivity index (χ2v) is 8.02. The van der Waals surface area contributed by atoms with Crippen LogP contribution in [0.15, 0.2) is 58.2 Å². The fraction of sp³-hybridized carbons (Fsp3) is 0.263. The third-order valence-corrected chi connectivity index (χ3v) is 5.65. The Morgan fingerprint density at radius 3 is 2.68 bits per heavy atom. The normalized spacial score (nSPS) is 12.0. The number of benzene rings is 2. The second kappa shape index (κ2) is 9.20. The molecular formula is C19H19BrN4O3S. The Morgan fingerprint density at radius 1 is 1.25 bits per heavy atom. The molecule has 0 saturated heterocycles. The highest BCUT2D eigenvalue weighted by Crippen LogP contribution is 2.41. The molecule has 0 bridgehead atoms. The van der Waals surface area contributed by atoms with Crippen LogP contribution in [0.3, 0.4) is 0 Å². The van der Waals surface area contributed by atoms with Crippen molar-refractivity contribution in [3.05, 3.63) is 74.5 Å². The molecule has 0 amide bonds. The van der Waals surface area contributed by atoms with Crippen LogP contribution in [-0.2, 0) is 0 Å². The summed E-state index contributed by atoms with van der Waals surface area (Å²) < 4.78 is 8.45. The van der Waals surface area contributed by atoms with Gasteiger partial charge in [0.2, 0.25) is 6.54 Å². The summed E-state index contributed by atoms with van der Waals surface area (Å²) in [7, 11) is 0. The number of aryl methyl sites for hydroxylation is 1. The van der Waals surface area contributed by atoms with Crippen LogP contribution in [0.1, 0.15) is 23.6 Å². The van der Waals surface area contributed by atoms with Crippen molar-refractivity contribution in [3.8, 4) is 11.4 Å². The summed E-state index contributed by atoms with van der Waals surface area (Å²) >= 11 is 4.76. The molecule has 0 aliphatic carbocycles. The fourth-order valence-corrected chi connectivity index (χ4v) is 4.38. The molecule has 0 aliphatic heterocycles. The Bertz CT molecular complexity index is 965. The van der Waals surface area contributed by atoms with E-state index in [4.69, 9.17) is 4.74 Å². The number of halogens is 1. The molecule has 9 heteroatoms. The van der Waals surface area contributed by atoms with Crippen LogP contribution in [0.5, 0.6) is 5.75 Å². The highest BCUT2D eigenvalue weighted by Gasteiger charge is 2.26. The molecule has 3 aromatic rings. The van der Waals surface area contributed by atoms with E-state index in [0.29, 0.717) is 23.3 Å². The Labute approximate surface area is 175 Å². The molecule has 0 spiro atoms. The average Bonchev–Trinajstić information content (AvgIpc) is 3.03. The first kappa shape index (κ1) is 20.3. The summed E-state index contributed by atoms with van der Waals surface area (Å²) in [4.78, 5) is 11.1. The van der Waals surface area contributed by atoms with Gasteiger partial charge in [0.15, 0.2) is 5.16 Å². The van der Waals surface area contributed by atoms with Gasteiger partial charge in [0, 0.05) is 20.6 Å². The van der Waals surface area contributed by atoms with Crippen molar-refractivity contribution in [2.24, 2.45) is 0 Å². The molecule has 3 rings (SSSR count). The first-order chi connectivity index (χ1) is 13.5. The van der Waals surface area contributed by atoms with E-state index < -0.39 is 5.25 Å². The van der Waals surface area contributed by atoms with E-state index in [1.165, 1.54) is 11.8 Å². The fourth-order valence-electron chi connectivity index (χ4n) is 2.81. The standard InChI is InChI=1S/C19H19BrN4O3S/c1-3-27-17-10-9-14(20)11-16(17)18(12-23(25)26)28-19-22-21-13(2)24(19)15-7-5-4-6-8-15/h4-11,18H,3,12H2,1-2H3/t18-/m1/s1. The molecule has 0 aliphatic rings. The molecule has 1 aromatic heterocycles. The van der Waals surface area contributed by atoms with E-state index in [0.717, 1.165) is 15.7 Å². The quantitative estimate of drug-likeness (QED) is 0.270. The highest BCUT2D eigenvalue weighted by molar-refractivity contribution is 9.10. The van der Waals surface area contributed by atoms with Crippen LogP contribution >= 0.6 is 27.7 Å². The number of aromatic nitrogens is 3. The smallest absolute Gasteiger partial charge is 0.220 e. The topological polar surface area (TPSA) is 83.1 Å². The van der Waals surface area contributed by atoms with Crippen molar-refractivity contribution in [2.45, 2.75) is 24.3 Å². The zero-order valence-electron chi connectivity index (χ0n) is 15.4. The minimum absolute atomic E-state index is 0.262. The Hall–Kier alpha value is -2.39. The first-order valence-corrected chi connectivity index (χ1v) is 10.3. The lowest BCUT2D eigenvalue weighted by Gasteiger charge is -2.18. The van der Waals surface area contributed by atoms with E-state index in [2.05, 4.69) is 26.1 Å². The molecule has 0 radical (unpaired) electrons. The number of thioether (sulfide) groups is 1. The predicted octanol–water partition coefficient (Wildman–Crippen LogP) is 4.85. The second-order valence-electron chi connectivity index (χ2n) is 5.94. The van der Waals surface area contributed by atoms with Crippen LogP contribution in [0.4, 0.5) is 0 Å². The van der Waals surface area contributed by atoms with E-state index in [9.17, 15) is 10.1 Å². The van der Waals surface area contributed by atoms with Gasteiger partial charge < -0.3 is 4.74 Å². The molecule has 0 N–H and O–H groups in total. The first-order valence-electron chi connectivity index (χ1n) is 8.67. The van der Waals surface area contributed by atoms with Crippen molar-refractivity contribution in [3.63, 3.8) is 0 Å². The third kappa shape index (κ3) is 4.71. The van der Waals surface area contributed by atoms with Crippen LogP contribution < -0.4 is 4.74 Å². The van der Waals surface area contributed by atoms with Crippen molar-refractivity contribution < 1.29 is 9.66 Å². The third-order valence-electron chi connectivity index (χ3n) is 3.99. The lowest BCUT2D eigenvalue weighted by atomic mass is 10.1. The van der Waals surface area contributed by atoms with Crippen LogP contribution in [0.25, 0.3) is 5.69 Å². The van der Waals surface area contributed by atoms with Crippen LogP contribution in [-0.4, -0.2) is 32.8 Å². The number of para-hydroxylation sites is 1. The van der Waals surface area contributed by atoms with Gasteiger partial charge in [0.05, 0.1) is 6.61 Å². The number of hydrogen-bond acceptors (Lipinski definition) is 6. The minimum Gasteiger partial charge on any atom is -0.494 e. The minimum atomic E-state index is -0.486. The molecule has 0 saturated carbocycles. The Morgan fingerprint density at radius 2 is 2.00 bits per heavy atom. The molecule has 146 valence electrons. The van der Waals surface area contributed by atoms with Crippen molar-refractivity contribution in [1.29, 1.82) is 0 Å². The van der Waals surface area contributed by atoms with Gasteiger partial charge in [0.1, 0.15) is 16.8 Å². The van der Waals surface area contributed by atoms with Crippen LogP contribution in [0.2, 0.25) is 0 Å². The van der Waals surface area contributed by atoms with Crippen LogP contribution in [0, 0.1) is 17.0 Å². The van der Waals surface area contributed by atoms with Gasteiger partial charge in [-0.3, -0.25) is 14.7 Å². The molecule has 0 unspecified atom stereocenters. The maximum absolute atomic E-state index is 11.4. The number of ether oxygens (including phenoxy) is 1. The molecule has 1 atom stereocenters. The zero-order valence-corrected chi connectivity index (χ0v) is 17.8. The van der Waals surface area contributed by atoms with Gasteiger partial charge in [-0.1, -0.05) is 45.9 Å². The van der Waals surface area contributed by atoms with Gasteiger partial charge in [-0.05, 0) is 44.2 Å².